The maximum absolute atomic E-state index is 12.1. The molecule has 9 heteroatoms. The van der Waals surface area contributed by atoms with Crippen LogP contribution in [0.25, 0.3) is 0 Å². The molecule has 1 unspecified atom stereocenters. The monoisotopic (exact) mass is 357 g/mol. The second-order valence-corrected chi connectivity index (χ2v) is 6.22. The SMILES string of the molecule is Cc1ccc(OP(=O)(O)Oc2ccc([N+](=O)[O-])cc2CCl)cc1. The molecule has 0 aromatic heterocycles. The Kier molecular flexibility index (Phi) is 5.26. The molecule has 0 amide bonds. The fourth-order valence-electron chi connectivity index (χ4n) is 1.75. The number of aryl methyl sites for hydroxylation is 1. The molecule has 0 aliphatic heterocycles. The highest BCUT2D eigenvalue weighted by atomic mass is 35.5. The van der Waals surface area contributed by atoms with Crippen LogP contribution in [-0.4, -0.2) is 9.82 Å². The maximum Gasteiger partial charge on any atom is 0.584 e. The van der Waals surface area contributed by atoms with Crippen molar-refractivity contribution < 1.29 is 23.4 Å². The molecule has 0 saturated heterocycles. The van der Waals surface area contributed by atoms with Crippen LogP contribution in [0.5, 0.6) is 11.5 Å². The number of phosphoric acid groups is 1. The summed E-state index contributed by atoms with van der Waals surface area (Å²) in [6.45, 7) is 1.86. The topological polar surface area (TPSA) is 98.9 Å². The number of phosphoric ester groups is 1. The van der Waals surface area contributed by atoms with E-state index in [0.29, 0.717) is 0 Å². The normalized spacial score (nSPS) is 13.2. The third kappa shape index (κ3) is 4.69. The lowest BCUT2D eigenvalue weighted by Gasteiger charge is -2.15. The zero-order chi connectivity index (χ0) is 17.0. The Bertz CT molecular complexity index is 764. The summed E-state index contributed by atoms with van der Waals surface area (Å²) >= 11 is 5.70. The van der Waals surface area contributed by atoms with E-state index in [1.54, 1.807) is 12.1 Å². The Morgan fingerprint density at radius 2 is 1.87 bits per heavy atom. The van der Waals surface area contributed by atoms with E-state index in [1.165, 1.54) is 24.3 Å². The molecule has 1 N–H and O–H groups in total. The first-order valence-electron chi connectivity index (χ1n) is 6.42. The fourth-order valence-corrected chi connectivity index (χ4v) is 2.81. The molecule has 7 nitrogen and oxygen atoms in total. The van der Waals surface area contributed by atoms with Crippen molar-refractivity contribution >= 4 is 25.1 Å². The Balaban J connectivity index is 2.21. The standard InChI is InChI=1S/C14H13ClNO6P/c1-10-2-5-13(6-3-10)21-23(19,20)22-14-7-4-12(16(17)18)8-11(14)9-15/h2-8H,9H2,1H3,(H,19,20). The van der Waals surface area contributed by atoms with Gasteiger partial charge in [0.25, 0.3) is 5.69 Å². The number of hydrogen-bond acceptors (Lipinski definition) is 5. The van der Waals surface area contributed by atoms with Gasteiger partial charge in [0.2, 0.25) is 0 Å². The van der Waals surface area contributed by atoms with Crippen LogP contribution in [0.2, 0.25) is 0 Å². The van der Waals surface area contributed by atoms with Crippen LogP contribution in [0.1, 0.15) is 11.1 Å². The lowest BCUT2D eigenvalue weighted by molar-refractivity contribution is -0.384. The molecule has 122 valence electrons. The van der Waals surface area contributed by atoms with Gasteiger partial charge in [0.15, 0.2) is 0 Å². The summed E-state index contributed by atoms with van der Waals surface area (Å²) in [5.41, 5.74) is 0.980. The van der Waals surface area contributed by atoms with Gasteiger partial charge in [-0.2, -0.15) is 0 Å². The molecule has 23 heavy (non-hydrogen) atoms. The second-order valence-electron chi connectivity index (χ2n) is 4.65. The van der Waals surface area contributed by atoms with Crippen molar-refractivity contribution in [3.05, 3.63) is 63.7 Å². The molecule has 0 bridgehead atoms. The third-order valence-corrected chi connectivity index (χ3v) is 4.01. The molecule has 0 heterocycles. The number of hydrogen-bond donors (Lipinski definition) is 1. The lowest BCUT2D eigenvalue weighted by Crippen LogP contribution is -2.02. The van der Waals surface area contributed by atoms with E-state index in [9.17, 15) is 19.6 Å². The predicted octanol–water partition coefficient (Wildman–Crippen LogP) is 4.20. The van der Waals surface area contributed by atoms with Gasteiger partial charge in [-0.05, 0) is 25.1 Å². The van der Waals surface area contributed by atoms with Gasteiger partial charge in [0, 0.05) is 17.7 Å². The molecular weight excluding hydrogens is 345 g/mol. The molecule has 1 atom stereocenters. The number of alkyl halides is 1. The summed E-state index contributed by atoms with van der Waals surface area (Å²) in [5.74, 6) is -0.0130. The van der Waals surface area contributed by atoms with E-state index >= 15 is 0 Å². The van der Waals surface area contributed by atoms with Gasteiger partial charge in [-0.3, -0.25) is 15.0 Å². The molecule has 0 aliphatic rings. The summed E-state index contributed by atoms with van der Waals surface area (Å²) in [7, 11) is -4.46. The summed E-state index contributed by atoms with van der Waals surface area (Å²) in [6.07, 6.45) is 0. The zero-order valence-corrected chi connectivity index (χ0v) is 13.7. The van der Waals surface area contributed by atoms with E-state index in [0.717, 1.165) is 11.6 Å². The van der Waals surface area contributed by atoms with Crippen molar-refractivity contribution in [1.29, 1.82) is 0 Å². The number of nitro benzene ring substituents is 1. The number of benzene rings is 2. The van der Waals surface area contributed by atoms with Crippen molar-refractivity contribution in [2.24, 2.45) is 0 Å². The van der Waals surface area contributed by atoms with E-state index in [2.05, 4.69) is 0 Å². The van der Waals surface area contributed by atoms with Gasteiger partial charge in [-0.25, -0.2) is 4.57 Å². The third-order valence-electron chi connectivity index (χ3n) is 2.85. The largest absolute Gasteiger partial charge is 0.584 e. The van der Waals surface area contributed by atoms with Gasteiger partial charge in [-0.15, -0.1) is 11.6 Å². The van der Waals surface area contributed by atoms with Crippen molar-refractivity contribution in [2.45, 2.75) is 12.8 Å². The first-order chi connectivity index (χ1) is 10.8. The quantitative estimate of drug-likeness (QED) is 0.360. The van der Waals surface area contributed by atoms with Crippen molar-refractivity contribution in [2.75, 3.05) is 0 Å². The van der Waals surface area contributed by atoms with Crippen LogP contribution in [0, 0.1) is 17.0 Å². The van der Waals surface area contributed by atoms with Crippen molar-refractivity contribution in [3.63, 3.8) is 0 Å². The van der Waals surface area contributed by atoms with Crippen molar-refractivity contribution in [3.8, 4) is 11.5 Å². The number of non-ortho nitro benzene ring substituents is 1. The van der Waals surface area contributed by atoms with Crippen LogP contribution in [0.3, 0.4) is 0 Å². The molecule has 0 fully saturated rings. The summed E-state index contributed by atoms with van der Waals surface area (Å²) in [5, 5.41) is 10.7. The average molecular weight is 358 g/mol. The number of nitrogens with zero attached hydrogens (tertiary/aromatic N) is 1. The van der Waals surface area contributed by atoms with Crippen molar-refractivity contribution in [1.82, 2.24) is 0 Å². The summed E-state index contributed by atoms with van der Waals surface area (Å²) in [6, 6.07) is 10.0. The fraction of sp³-hybridized carbons (Fsp3) is 0.143. The van der Waals surface area contributed by atoms with Gasteiger partial charge in [-0.1, -0.05) is 17.7 Å². The summed E-state index contributed by atoms with van der Waals surface area (Å²) < 4.78 is 22.0. The second kappa shape index (κ2) is 7.00. The van der Waals surface area contributed by atoms with Crippen LogP contribution < -0.4 is 9.05 Å². The van der Waals surface area contributed by atoms with E-state index in [-0.39, 0.29) is 28.6 Å². The van der Waals surface area contributed by atoms with Gasteiger partial charge in [0.05, 0.1) is 10.8 Å². The number of halogens is 1. The molecular formula is C14H13ClNO6P. The van der Waals surface area contributed by atoms with E-state index in [1.807, 2.05) is 6.92 Å². The number of rotatable bonds is 6. The Morgan fingerprint density at radius 3 is 2.43 bits per heavy atom. The minimum atomic E-state index is -4.46. The minimum absolute atomic E-state index is 0.0523. The minimum Gasteiger partial charge on any atom is -0.395 e. The molecule has 0 radical (unpaired) electrons. The van der Waals surface area contributed by atoms with E-state index < -0.39 is 12.7 Å². The molecule has 2 rings (SSSR count). The van der Waals surface area contributed by atoms with E-state index in [4.69, 9.17) is 20.6 Å². The Labute approximate surface area is 137 Å². The first-order valence-corrected chi connectivity index (χ1v) is 8.45. The van der Waals surface area contributed by atoms with Gasteiger partial charge in [0.1, 0.15) is 11.5 Å². The first kappa shape index (κ1) is 17.3. The van der Waals surface area contributed by atoms with Crippen LogP contribution in [0.15, 0.2) is 42.5 Å². The molecule has 0 spiro atoms. The predicted molar refractivity (Wildman–Crippen MR) is 84.9 cm³/mol. The molecule has 0 saturated carbocycles. The molecule has 0 aliphatic carbocycles. The highest BCUT2D eigenvalue weighted by molar-refractivity contribution is 7.48. The van der Waals surface area contributed by atoms with Crippen LogP contribution >= 0.6 is 19.4 Å². The Morgan fingerprint density at radius 1 is 1.22 bits per heavy atom. The highest BCUT2D eigenvalue weighted by Gasteiger charge is 2.27. The molecule has 2 aromatic rings. The highest BCUT2D eigenvalue weighted by Crippen LogP contribution is 2.45. The van der Waals surface area contributed by atoms with Crippen LogP contribution in [-0.2, 0) is 10.4 Å². The maximum atomic E-state index is 12.1. The lowest BCUT2D eigenvalue weighted by atomic mass is 10.2. The zero-order valence-electron chi connectivity index (χ0n) is 12.0. The molecule has 2 aromatic carbocycles. The smallest absolute Gasteiger partial charge is 0.395 e. The van der Waals surface area contributed by atoms with Gasteiger partial charge < -0.3 is 9.05 Å². The Hall–Kier alpha value is -2.08. The number of nitro groups is 1. The average Bonchev–Trinajstić information content (AvgIpc) is 2.49. The van der Waals surface area contributed by atoms with Gasteiger partial charge >= 0.3 is 7.82 Å². The summed E-state index contributed by atoms with van der Waals surface area (Å²) in [4.78, 5) is 20.0. The van der Waals surface area contributed by atoms with Crippen LogP contribution in [0.4, 0.5) is 5.69 Å².